The van der Waals surface area contributed by atoms with E-state index in [1.807, 2.05) is 18.2 Å². The molecule has 1 aliphatic heterocycles. The number of thiophene rings is 1. The van der Waals surface area contributed by atoms with Gasteiger partial charge in [-0.05, 0) is 53.3 Å². The predicted octanol–water partition coefficient (Wildman–Crippen LogP) is 3.83. The minimum Gasteiger partial charge on any atom is -0.492 e. The lowest BCUT2D eigenvalue weighted by Gasteiger charge is -2.32. The van der Waals surface area contributed by atoms with Crippen molar-refractivity contribution in [2.75, 3.05) is 6.61 Å². The number of rotatable bonds is 3. The van der Waals surface area contributed by atoms with Crippen molar-refractivity contribution in [3.05, 3.63) is 52.2 Å². The van der Waals surface area contributed by atoms with Gasteiger partial charge >= 0.3 is 0 Å². The first-order valence-corrected chi connectivity index (χ1v) is 7.39. The van der Waals surface area contributed by atoms with Gasteiger partial charge in [-0.1, -0.05) is 18.2 Å². The molecule has 3 heteroatoms. The van der Waals surface area contributed by atoms with Gasteiger partial charge in [0.15, 0.2) is 0 Å². The predicted molar refractivity (Wildman–Crippen MR) is 76.3 cm³/mol. The van der Waals surface area contributed by atoms with E-state index in [1.54, 1.807) is 11.3 Å². The third kappa shape index (κ3) is 2.50. The minimum atomic E-state index is -0.379. The summed E-state index contributed by atoms with van der Waals surface area (Å²) in [5.41, 5.74) is 2.09. The summed E-state index contributed by atoms with van der Waals surface area (Å²) in [4.78, 5) is 0. The average molecular weight is 269 g/mol. The molecule has 2 heterocycles. The van der Waals surface area contributed by atoms with Crippen LogP contribution in [0.5, 0.6) is 5.75 Å². The Bertz CT molecular complexity index is 599. The summed E-state index contributed by atoms with van der Waals surface area (Å²) in [5, 5.41) is 13.8. The second-order valence-electron chi connectivity index (χ2n) is 5.10. The molecule has 19 heavy (non-hydrogen) atoms. The van der Waals surface area contributed by atoms with Crippen LogP contribution in [0.15, 0.2) is 41.1 Å². The molecule has 0 saturated carbocycles. The van der Waals surface area contributed by atoms with Crippen LogP contribution in [0.4, 0.5) is 0 Å². The van der Waals surface area contributed by atoms with Crippen LogP contribution in [0.2, 0.25) is 0 Å². The normalized spacial score (nSPS) is 21.2. The third-order valence-electron chi connectivity index (χ3n) is 3.71. The summed E-state index contributed by atoms with van der Waals surface area (Å²) in [6.45, 7) is 0.505. The molecule has 0 aliphatic carbocycles. The molecular formula is C16H15NOS. The molecule has 1 aromatic carbocycles. The second kappa shape index (κ2) is 5.07. The number of fused-ring (bicyclic) bond motifs is 1. The first-order chi connectivity index (χ1) is 9.31. The molecule has 0 radical (unpaired) electrons. The van der Waals surface area contributed by atoms with Crippen molar-refractivity contribution in [2.45, 2.75) is 19.3 Å². The van der Waals surface area contributed by atoms with Gasteiger partial charge in [-0.25, -0.2) is 0 Å². The lowest BCUT2D eigenvalue weighted by atomic mass is 9.77. The molecule has 0 fully saturated rings. The first-order valence-electron chi connectivity index (χ1n) is 6.44. The van der Waals surface area contributed by atoms with E-state index in [0.717, 1.165) is 30.6 Å². The quantitative estimate of drug-likeness (QED) is 0.848. The summed E-state index contributed by atoms with van der Waals surface area (Å²) < 4.78 is 5.78. The molecule has 0 spiro atoms. The first kappa shape index (κ1) is 12.3. The molecule has 2 nitrogen and oxygen atoms in total. The lowest BCUT2D eigenvalue weighted by Crippen LogP contribution is -2.34. The van der Waals surface area contributed by atoms with Crippen LogP contribution < -0.4 is 4.74 Å². The number of ether oxygens (including phenoxy) is 1. The molecule has 2 aromatic rings. The number of hydrogen-bond donors (Lipinski definition) is 0. The number of para-hydroxylation sites is 1. The van der Waals surface area contributed by atoms with Gasteiger partial charge in [0.1, 0.15) is 12.4 Å². The van der Waals surface area contributed by atoms with Crippen LogP contribution in [-0.2, 0) is 12.8 Å². The topological polar surface area (TPSA) is 33.0 Å². The maximum absolute atomic E-state index is 9.57. The molecule has 1 atom stereocenters. The number of hydrogen-bond acceptors (Lipinski definition) is 3. The van der Waals surface area contributed by atoms with E-state index in [-0.39, 0.29) is 5.41 Å². The van der Waals surface area contributed by atoms with Crippen molar-refractivity contribution >= 4 is 11.3 Å². The zero-order valence-electron chi connectivity index (χ0n) is 10.6. The van der Waals surface area contributed by atoms with Crippen LogP contribution in [0.3, 0.4) is 0 Å². The Labute approximate surface area is 117 Å². The van der Waals surface area contributed by atoms with Crippen molar-refractivity contribution < 1.29 is 4.74 Å². The van der Waals surface area contributed by atoms with Gasteiger partial charge in [-0.2, -0.15) is 16.6 Å². The highest BCUT2D eigenvalue weighted by molar-refractivity contribution is 7.07. The summed E-state index contributed by atoms with van der Waals surface area (Å²) in [6, 6.07) is 12.7. The molecule has 0 bridgehead atoms. The number of benzene rings is 1. The summed E-state index contributed by atoms with van der Waals surface area (Å²) in [7, 11) is 0. The molecule has 96 valence electrons. The zero-order chi connectivity index (χ0) is 13.1. The van der Waals surface area contributed by atoms with Gasteiger partial charge in [0.25, 0.3) is 0 Å². The maximum Gasteiger partial charge on any atom is 0.122 e. The van der Waals surface area contributed by atoms with Crippen molar-refractivity contribution in [3.8, 4) is 11.8 Å². The monoisotopic (exact) mass is 269 g/mol. The fraction of sp³-hybridized carbons (Fsp3) is 0.312. The zero-order valence-corrected chi connectivity index (χ0v) is 11.5. The Kier molecular flexibility index (Phi) is 3.27. The molecule has 3 rings (SSSR count). The fourth-order valence-corrected chi connectivity index (χ4v) is 3.23. The van der Waals surface area contributed by atoms with Gasteiger partial charge in [-0.15, -0.1) is 0 Å². The van der Waals surface area contributed by atoms with E-state index in [2.05, 4.69) is 29.0 Å². The Morgan fingerprint density at radius 3 is 3.00 bits per heavy atom. The van der Waals surface area contributed by atoms with E-state index in [4.69, 9.17) is 4.74 Å². The Hall–Kier alpha value is -1.79. The van der Waals surface area contributed by atoms with Gasteiger partial charge < -0.3 is 4.74 Å². The van der Waals surface area contributed by atoms with Gasteiger partial charge in [0.2, 0.25) is 0 Å². The Balaban J connectivity index is 1.77. The van der Waals surface area contributed by atoms with Crippen molar-refractivity contribution in [1.82, 2.24) is 0 Å². The van der Waals surface area contributed by atoms with E-state index in [9.17, 15) is 5.26 Å². The van der Waals surface area contributed by atoms with Crippen molar-refractivity contribution in [1.29, 1.82) is 5.26 Å². The van der Waals surface area contributed by atoms with E-state index >= 15 is 0 Å². The molecule has 1 aromatic heterocycles. The standard InChI is InChI=1S/C16H15NOS/c17-11-16(7-5-13-6-8-19-10-13)9-14-3-1-2-4-15(14)18-12-16/h1-4,6,8,10H,5,7,9,12H2. The SMILES string of the molecule is N#CC1(CCc2ccsc2)COc2ccccc2C1. The summed E-state index contributed by atoms with van der Waals surface area (Å²) >= 11 is 1.71. The Morgan fingerprint density at radius 1 is 1.32 bits per heavy atom. The lowest BCUT2D eigenvalue weighted by molar-refractivity contribution is 0.160. The molecule has 1 unspecified atom stereocenters. The molecule has 0 amide bonds. The van der Waals surface area contributed by atoms with Gasteiger partial charge in [-0.3, -0.25) is 0 Å². The molecule has 0 N–H and O–H groups in total. The molecule has 0 saturated heterocycles. The Morgan fingerprint density at radius 2 is 2.21 bits per heavy atom. The van der Waals surface area contributed by atoms with Crippen LogP contribution in [-0.4, -0.2) is 6.61 Å². The van der Waals surface area contributed by atoms with Crippen LogP contribution in [0, 0.1) is 16.7 Å². The third-order valence-corrected chi connectivity index (χ3v) is 4.45. The second-order valence-corrected chi connectivity index (χ2v) is 5.88. The molecule has 1 aliphatic rings. The fourth-order valence-electron chi connectivity index (χ4n) is 2.53. The van der Waals surface area contributed by atoms with Crippen molar-refractivity contribution in [2.24, 2.45) is 5.41 Å². The van der Waals surface area contributed by atoms with E-state index in [1.165, 1.54) is 5.56 Å². The van der Waals surface area contributed by atoms with E-state index < -0.39 is 0 Å². The highest BCUT2D eigenvalue weighted by atomic mass is 32.1. The molecular weight excluding hydrogens is 254 g/mol. The number of nitrogens with zero attached hydrogens (tertiary/aromatic N) is 1. The minimum absolute atomic E-state index is 0.379. The maximum atomic E-state index is 9.57. The largest absolute Gasteiger partial charge is 0.492 e. The van der Waals surface area contributed by atoms with Crippen molar-refractivity contribution in [3.63, 3.8) is 0 Å². The summed E-state index contributed by atoms with van der Waals surface area (Å²) in [5.74, 6) is 0.934. The highest BCUT2D eigenvalue weighted by Crippen LogP contribution is 2.37. The number of aryl methyl sites for hydroxylation is 1. The smallest absolute Gasteiger partial charge is 0.122 e. The number of nitriles is 1. The van der Waals surface area contributed by atoms with Gasteiger partial charge in [0, 0.05) is 0 Å². The highest BCUT2D eigenvalue weighted by Gasteiger charge is 2.35. The average Bonchev–Trinajstić information content (AvgIpc) is 2.98. The summed E-state index contributed by atoms with van der Waals surface area (Å²) in [6.07, 6.45) is 2.60. The van der Waals surface area contributed by atoms with Crippen LogP contribution in [0.25, 0.3) is 0 Å². The van der Waals surface area contributed by atoms with Gasteiger partial charge in [0.05, 0.1) is 11.5 Å². The van der Waals surface area contributed by atoms with Crippen LogP contribution >= 0.6 is 11.3 Å². The van der Waals surface area contributed by atoms with Crippen LogP contribution in [0.1, 0.15) is 17.5 Å². The van der Waals surface area contributed by atoms with E-state index in [0.29, 0.717) is 6.61 Å².